The van der Waals surface area contributed by atoms with Gasteiger partial charge in [0.05, 0.1) is 0 Å². The predicted molar refractivity (Wildman–Crippen MR) is 55.5 cm³/mol. The number of hydrogen-bond acceptors (Lipinski definition) is 2. The van der Waals surface area contributed by atoms with Gasteiger partial charge in [-0.3, -0.25) is 0 Å². The molecule has 74 valence electrons. The molecule has 0 amide bonds. The topological polar surface area (TPSA) is 15.3 Å². The average Bonchev–Trinajstić information content (AvgIpc) is 2.08. The lowest BCUT2D eigenvalue weighted by molar-refractivity contribution is 0.207. The van der Waals surface area contributed by atoms with E-state index in [1.807, 2.05) is 13.8 Å². The molecule has 0 aromatic carbocycles. The van der Waals surface area contributed by atoms with Gasteiger partial charge in [-0.1, -0.05) is 27.7 Å². The minimum atomic E-state index is 0.707. The first-order valence-electron chi connectivity index (χ1n) is 5.12. The van der Waals surface area contributed by atoms with Crippen molar-refractivity contribution >= 4 is 0 Å². The molecule has 1 aliphatic heterocycles. The summed E-state index contributed by atoms with van der Waals surface area (Å²) < 4.78 is 0. The zero-order chi connectivity index (χ0) is 9.56. The van der Waals surface area contributed by atoms with E-state index in [-0.39, 0.29) is 0 Å². The average molecular weight is 172 g/mol. The molecule has 0 spiro atoms. The fourth-order valence-electron chi connectivity index (χ4n) is 1.38. The summed E-state index contributed by atoms with van der Waals surface area (Å²) in [6.45, 7) is 12.1. The van der Waals surface area contributed by atoms with Crippen molar-refractivity contribution in [2.45, 2.75) is 33.7 Å². The van der Waals surface area contributed by atoms with E-state index in [0.717, 1.165) is 12.5 Å². The number of rotatable bonds is 1. The van der Waals surface area contributed by atoms with Crippen LogP contribution in [-0.4, -0.2) is 37.6 Å². The molecule has 1 atom stereocenters. The molecule has 2 nitrogen and oxygen atoms in total. The van der Waals surface area contributed by atoms with E-state index in [2.05, 4.69) is 31.1 Å². The Morgan fingerprint density at radius 1 is 1.33 bits per heavy atom. The summed E-state index contributed by atoms with van der Waals surface area (Å²) in [4.78, 5) is 2.39. The van der Waals surface area contributed by atoms with Crippen LogP contribution in [0, 0.1) is 5.92 Å². The summed E-state index contributed by atoms with van der Waals surface area (Å²) in [7, 11) is 2.19. The number of nitrogens with one attached hydrogen (secondary N) is 1. The number of nitrogens with zero attached hydrogens (tertiary/aromatic N) is 1. The SMILES string of the molecule is CC.CC(C)C1CN(C)CCN1. The zero-order valence-electron chi connectivity index (χ0n) is 9.22. The van der Waals surface area contributed by atoms with Gasteiger partial charge in [-0.2, -0.15) is 0 Å². The molecule has 1 fully saturated rings. The summed E-state index contributed by atoms with van der Waals surface area (Å²) in [5.74, 6) is 0.766. The first-order chi connectivity index (χ1) is 5.70. The lowest BCUT2D eigenvalue weighted by Crippen LogP contribution is -2.51. The van der Waals surface area contributed by atoms with E-state index in [1.54, 1.807) is 0 Å². The van der Waals surface area contributed by atoms with Gasteiger partial charge >= 0.3 is 0 Å². The van der Waals surface area contributed by atoms with E-state index < -0.39 is 0 Å². The van der Waals surface area contributed by atoms with Crippen LogP contribution in [-0.2, 0) is 0 Å². The molecule has 2 heteroatoms. The van der Waals surface area contributed by atoms with Gasteiger partial charge in [0.1, 0.15) is 0 Å². The molecular formula is C10H24N2. The van der Waals surface area contributed by atoms with Gasteiger partial charge in [0.2, 0.25) is 0 Å². The summed E-state index contributed by atoms with van der Waals surface area (Å²) >= 11 is 0. The molecule has 1 N–H and O–H groups in total. The fraction of sp³-hybridized carbons (Fsp3) is 1.00. The monoisotopic (exact) mass is 172 g/mol. The number of likely N-dealkylation sites (N-methyl/N-ethyl adjacent to an activating group) is 1. The molecule has 1 unspecified atom stereocenters. The van der Waals surface area contributed by atoms with Crippen molar-refractivity contribution in [3.63, 3.8) is 0 Å². The van der Waals surface area contributed by atoms with Gasteiger partial charge in [0.15, 0.2) is 0 Å². The quantitative estimate of drug-likeness (QED) is 0.646. The van der Waals surface area contributed by atoms with Crippen LogP contribution in [0.3, 0.4) is 0 Å². The Kier molecular flexibility index (Phi) is 6.39. The van der Waals surface area contributed by atoms with E-state index in [9.17, 15) is 0 Å². The van der Waals surface area contributed by atoms with Crippen molar-refractivity contribution in [3.05, 3.63) is 0 Å². The Labute approximate surface area is 77.3 Å². The highest BCUT2D eigenvalue weighted by Gasteiger charge is 2.18. The summed E-state index contributed by atoms with van der Waals surface area (Å²) in [6, 6.07) is 0.707. The Morgan fingerprint density at radius 3 is 2.25 bits per heavy atom. The van der Waals surface area contributed by atoms with Crippen LogP contribution in [0.15, 0.2) is 0 Å². The number of piperazine rings is 1. The second kappa shape index (κ2) is 6.44. The highest BCUT2D eigenvalue weighted by atomic mass is 15.2. The maximum Gasteiger partial charge on any atom is 0.0218 e. The molecule has 0 radical (unpaired) electrons. The molecule has 0 saturated carbocycles. The molecule has 1 aliphatic rings. The maximum absolute atomic E-state index is 3.51. The van der Waals surface area contributed by atoms with Crippen LogP contribution in [0.1, 0.15) is 27.7 Å². The highest BCUT2D eigenvalue weighted by Crippen LogP contribution is 2.05. The van der Waals surface area contributed by atoms with E-state index in [1.165, 1.54) is 13.1 Å². The van der Waals surface area contributed by atoms with Gasteiger partial charge in [0.25, 0.3) is 0 Å². The first kappa shape index (κ1) is 11.9. The smallest absolute Gasteiger partial charge is 0.0218 e. The summed E-state index contributed by atoms with van der Waals surface area (Å²) in [6.07, 6.45) is 0. The Morgan fingerprint density at radius 2 is 1.92 bits per heavy atom. The molecule has 1 heterocycles. The lowest BCUT2D eigenvalue weighted by atomic mass is 10.0. The standard InChI is InChI=1S/C8H18N2.C2H6/c1-7(2)8-6-10(3)5-4-9-8;1-2/h7-9H,4-6H2,1-3H3;1-2H3. The van der Waals surface area contributed by atoms with Crippen LogP contribution in [0.2, 0.25) is 0 Å². The van der Waals surface area contributed by atoms with E-state index >= 15 is 0 Å². The van der Waals surface area contributed by atoms with Gasteiger partial charge < -0.3 is 10.2 Å². The third-order valence-electron chi connectivity index (χ3n) is 2.21. The second-order valence-corrected chi connectivity index (χ2v) is 3.57. The molecule has 0 aromatic heterocycles. The van der Waals surface area contributed by atoms with E-state index in [4.69, 9.17) is 0 Å². The largest absolute Gasteiger partial charge is 0.311 e. The molecule has 1 saturated heterocycles. The van der Waals surface area contributed by atoms with Crippen molar-refractivity contribution in [1.29, 1.82) is 0 Å². The van der Waals surface area contributed by atoms with Crippen molar-refractivity contribution in [1.82, 2.24) is 10.2 Å². The predicted octanol–water partition coefficient (Wildman–Crippen LogP) is 1.57. The molecule has 1 rings (SSSR count). The minimum absolute atomic E-state index is 0.707. The minimum Gasteiger partial charge on any atom is -0.311 e. The molecule has 0 aromatic rings. The van der Waals surface area contributed by atoms with Gasteiger partial charge in [0, 0.05) is 25.7 Å². The Balaban J connectivity index is 0.000000561. The van der Waals surface area contributed by atoms with Crippen molar-refractivity contribution in [3.8, 4) is 0 Å². The van der Waals surface area contributed by atoms with Crippen LogP contribution >= 0.6 is 0 Å². The van der Waals surface area contributed by atoms with Gasteiger partial charge in [-0.15, -0.1) is 0 Å². The number of hydrogen-bond donors (Lipinski definition) is 1. The zero-order valence-corrected chi connectivity index (χ0v) is 9.22. The van der Waals surface area contributed by atoms with Crippen molar-refractivity contribution in [2.24, 2.45) is 5.92 Å². The third-order valence-corrected chi connectivity index (χ3v) is 2.21. The first-order valence-corrected chi connectivity index (χ1v) is 5.12. The van der Waals surface area contributed by atoms with Crippen LogP contribution in [0.25, 0.3) is 0 Å². The molecule has 12 heavy (non-hydrogen) atoms. The third kappa shape index (κ3) is 4.07. The van der Waals surface area contributed by atoms with Crippen LogP contribution in [0.5, 0.6) is 0 Å². The highest BCUT2D eigenvalue weighted by molar-refractivity contribution is 4.78. The van der Waals surface area contributed by atoms with Crippen molar-refractivity contribution < 1.29 is 0 Å². The Hall–Kier alpha value is -0.0800. The molecular weight excluding hydrogens is 148 g/mol. The van der Waals surface area contributed by atoms with Gasteiger partial charge in [-0.25, -0.2) is 0 Å². The summed E-state index contributed by atoms with van der Waals surface area (Å²) in [5.41, 5.74) is 0. The molecule has 0 bridgehead atoms. The Bertz CT molecular complexity index is 102. The van der Waals surface area contributed by atoms with Gasteiger partial charge in [-0.05, 0) is 13.0 Å². The normalized spacial score (nSPS) is 25.0. The maximum atomic E-state index is 3.51. The fourth-order valence-corrected chi connectivity index (χ4v) is 1.38. The summed E-state index contributed by atoms with van der Waals surface area (Å²) in [5, 5.41) is 3.51. The van der Waals surface area contributed by atoms with Crippen LogP contribution < -0.4 is 5.32 Å². The molecule has 0 aliphatic carbocycles. The lowest BCUT2D eigenvalue weighted by Gasteiger charge is -2.33. The van der Waals surface area contributed by atoms with Crippen LogP contribution in [0.4, 0.5) is 0 Å². The second-order valence-electron chi connectivity index (χ2n) is 3.57. The van der Waals surface area contributed by atoms with Crippen molar-refractivity contribution in [2.75, 3.05) is 26.7 Å². The van der Waals surface area contributed by atoms with E-state index in [0.29, 0.717) is 6.04 Å².